The van der Waals surface area contributed by atoms with Gasteiger partial charge in [0.15, 0.2) is 0 Å². The number of carbonyl (C=O) groups is 2. The third-order valence-electron chi connectivity index (χ3n) is 6.09. The van der Waals surface area contributed by atoms with Crippen LogP contribution in [0.2, 0.25) is 0 Å². The number of fused-ring (bicyclic) bond motifs is 1. The molecule has 0 saturated heterocycles. The predicted molar refractivity (Wildman–Crippen MR) is 165 cm³/mol. The molecule has 2 N–H and O–H groups in total. The Morgan fingerprint density at radius 1 is 0.930 bits per heavy atom. The van der Waals surface area contributed by atoms with Crippen LogP contribution in [0.5, 0.6) is 0 Å². The molecule has 0 radical (unpaired) electrons. The van der Waals surface area contributed by atoms with Crippen LogP contribution in [0.1, 0.15) is 27.0 Å². The Balaban J connectivity index is 1.22. The number of benzene rings is 2. The average Bonchev–Trinajstić information content (AvgIpc) is 3.43. The van der Waals surface area contributed by atoms with Gasteiger partial charge in [-0.05, 0) is 47.9 Å². The third-order valence-corrected chi connectivity index (χ3v) is 7.16. The topological polar surface area (TPSA) is 120 Å². The molecule has 10 nitrogen and oxygen atoms in total. The van der Waals surface area contributed by atoms with Crippen molar-refractivity contribution < 1.29 is 28.5 Å². The fraction of sp³-hybridized carbons (Fsp3) is 0.312. The van der Waals surface area contributed by atoms with E-state index in [1.54, 1.807) is 44.2 Å². The van der Waals surface area contributed by atoms with Crippen LogP contribution in [0.25, 0.3) is 0 Å². The monoisotopic (exact) mass is 602 g/mol. The number of carbonyl (C=O) groups excluding carboxylic acids is 2. The van der Waals surface area contributed by atoms with Gasteiger partial charge in [-0.2, -0.15) is 0 Å². The molecule has 224 valence electrons. The van der Waals surface area contributed by atoms with Gasteiger partial charge in [-0.25, -0.2) is 4.98 Å². The first-order valence-corrected chi connectivity index (χ1v) is 14.6. The number of nitrogens with one attached hydrogen (secondary N) is 2. The van der Waals surface area contributed by atoms with Crippen LogP contribution in [-0.2, 0) is 30.3 Å². The van der Waals surface area contributed by atoms with Crippen molar-refractivity contribution in [3.63, 3.8) is 0 Å². The Bertz CT molecular complexity index is 1480. The maximum atomic E-state index is 12.2. The lowest BCUT2D eigenvalue weighted by molar-refractivity contribution is -0.121. The molecule has 1 aliphatic rings. The highest BCUT2D eigenvalue weighted by Gasteiger charge is 2.16. The van der Waals surface area contributed by atoms with Gasteiger partial charge in [0.25, 0.3) is 11.8 Å². The van der Waals surface area contributed by atoms with E-state index in [0.717, 1.165) is 26.6 Å². The number of anilines is 1. The SMILES string of the molecule is CNC(=O)c1ccccc1Sc1ccc2c(c1)CN=C2C#Cc1ccc(NC(=O)COCCOCCOCCOC)nc1. The normalized spacial score (nSPS) is 11.7. The number of aromatic nitrogens is 1. The molecule has 11 heteroatoms. The molecule has 0 aliphatic carbocycles. The molecule has 4 rings (SSSR count). The van der Waals surface area contributed by atoms with E-state index < -0.39 is 0 Å². The van der Waals surface area contributed by atoms with Crippen molar-refractivity contribution in [1.82, 2.24) is 10.3 Å². The largest absolute Gasteiger partial charge is 0.382 e. The Kier molecular flexibility index (Phi) is 12.7. The van der Waals surface area contributed by atoms with Gasteiger partial charge in [0.1, 0.15) is 18.1 Å². The van der Waals surface area contributed by atoms with Gasteiger partial charge in [-0.15, -0.1) is 0 Å². The van der Waals surface area contributed by atoms with Crippen LogP contribution in [-0.4, -0.2) is 82.9 Å². The van der Waals surface area contributed by atoms with Crippen LogP contribution in [0.3, 0.4) is 0 Å². The predicted octanol–water partition coefficient (Wildman–Crippen LogP) is 3.58. The Morgan fingerprint density at radius 3 is 2.44 bits per heavy atom. The van der Waals surface area contributed by atoms with Crippen molar-refractivity contribution in [3.05, 3.63) is 83.0 Å². The molecule has 2 heterocycles. The van der Waals surface area contributed by atoms with Crippen molar-refractivity contribution in [3.8, 4) is 11.8 Å². The summed E-state index contributed by atoms with van der Waals surface area (Å²) < 4.78 is 20.9. The van der Waals surface area contributed by atoms with E-state index in [0.29, 0.717) is 63.1 Å². The first kappa shape index (κ1) is 31.9. The second kappa shape index (κ2) is 17.2. The Labute approximate surface area is 255 Å². The van der Waals surface area contributed by atoms with Crippen LogP contribution < -0.4 is 10.6 Å². The second-order valence-electron chi connectivity index (χ2n) is 9.16. The lowest BCUT2D eigenvalue weighted by atomic mass is 10.1. The molecule has 1 aliphatic heterocycles. The van der Waals surface area contributed by atoms with Crippen LogP contribution in [0, 0.1) is 11.8 Å². The standard InChI is InChI=1S/C32H34N4O6S/c1-33-32(38)27-5-3-4-6-29(27)43-25-9-10-26-24(19-25)21-34-28(26)11-7-23-8-12-30(35-20-23)36-31(37)22-42-18-17-41-16-15-40-14-13-39-2/h3-6,8-10,12,19-20H,13-18,21-22H2,1-2H3,(H,33,38)(H,35,36,37). The van der Waals surface area contributed by atoms with Crippen molar-refractivity contribution in [1.29, 1.82) is 0 Å². The minimum Gasteiger partial charge on any atom is -0.382 e. The number of aliphatic imine (C=N–C) groups is 1. The number of rotatable bonds is 15. The second-order valence-corrected chi connectivity index (χ2v) is 10.3. The number of hydrogen-bond donors (Lipinski definition) is 2. The minimum absolute atomic E-state index is 0.100. The lowest BCUT2D eigenvalue weighted by Gasteiger charge is -2.09. The zero-order chi connectivity index (χ0) is 30.3. The summed E-state index contributed by atoms with van der Waals surface area (Å²) in [6.07, 6.45) is 1.60. The number of nitrogens with zero attached hydrogens (tertiary/aromatic N) is 2. The van der Waals surface area contributed by atoms with E-state index in [4.69, 9.17) is 18.9 Å². The molecule has 1 aromatic heterocycles. The number of hydrogen-bond acceptors (Lipinski definition) is 9. The number of amides is 2. The van der Waals surface area contributed by atoms with Crippen LogP contribution in [0.15, 0.2) is 75.6 Å². The summed E-state index contributed by atoms with van der Waals surface area (Å²) in [5, 5.41) is 5.39. The van der Waals surface area contributed by atoms with Crippen LogP contribution >= 0.6 is 11.8 Å². The Morgan fingerprint density at radius 2 is 1.70 bits per heavy atom. The van der Waals surface area contributed by atoms with Gasteiger partial charge in [0, 0.05) is 41.3 Å². The average molecular weight is 603 g/mol. The van der Waals surface area contributed by atoms with Crippen molar-refractivity contribution >= 4 is 35.1 Å². The third kappa shape index (κ3) is 10.0. The van der Waals surface area contributed by atoms with Gasteiger partial charge in [-0.3, -0.25) is 14.6 Å². The van der Waals surface area contributed by atoms with E-state index in [1.807, 2.05) is 36.4 Å². The minimum atomic E-state index is -0.305. The fourth-order valence-corrected chi connectivity index (χ4v) is 4.96. The molecular formula is C32H34N4O6S. The van der Waals surface area contributed by atoms with E-state index >= 15 is 0 Å². The fourth-order valence-electron chi connectivity index (χ4n) is 3.96. The number of methoxy groups -OCH3 is 1. The van der Waals surface area contributed by atoms with Crippen LogP contribution in [0.4, 0.5) is 5.82 Å². The van der Waals surface area contributed by atoms with Gasteiger partial charge in [-0.1, -0.05) is 35.9 Å². The molecule has 2 amide bonds. The lowest BCUT2D eigenvalue weighted by Crippen LogP contribution is -2.20. The maximum Gasteiger partial charge on any atom is 0.252 e. The summed E-state index contributed by atoms with van der Waals surface area (Å²) >= 11 is 1.54. The first-order chi connectivity index (χ1) is 21.1. The van der Waals surface area contributed by atoms with Crippen molar-refractivity contribution in [2.75, 3.05) is 65.7 Å². The van der Waals surface area contributed by atoms with E-state index in [9.17, 15) is 9.59 Å². The summed E-state index contributed by atoms with van der Waals surface area (Å²) in [4.78, 5) is 35.1. The summed E-state index contributed by atoms with van der Waals surface area (Å²) in [6.45, 7) is 3.13. The zero-order valence-corrected chi connectivity index (χ0v) is 25.0. The van der Waals surface area contributed by atoms with E-state index in [2.05, 4.69) is 38.5 Å². The molecule has 0 atom stereocenters. The van der Waals surface area contributed by atoms with Crippen molar-refractivity contribution in [2.24, 2.45) is 4.99 Å². The summed E-state index contributed by atoms with van der Waals surface area (Å²) in [6, 6.07) is 17.1. The van der Waals surface area contributed by atoms with E-state index in [-0.39, 0.29) is 18.4 Å². The summed E-state index contributed by atoms with van der Waals surface area (Å²) in [5.41, 5.74) is 4.14. The molecule has 0 saturated carbocycles. The molecule has 0 bridgehead atoms. The number of pyridine rings is 1. The first-order valence-electron chi connectivity index (χ1n) is 13.7. The highest BCUT2D eigenvalue weighted by atomic mass is 32.2. The highest BCUT2D eigenvalue weighted by molar-refractivity contribution is 7.99. The molecule has 3 aromatic rings. The van der Waals surface area contributed by atoms with Gasteiger partial charge < -0.3 is 29.6 Å². The molecular weight excluding hydrogens is 568 g/mol. The molecule has 0 fully saturated rings. The van der Waals surface area contributed by atoms with Gasteiger partial charge >= 0.3 is 0 Å². The smallest absolute Gasteiger partial charge is 0.252 e. The summed E-state index contributed by atoms with van der Waals surface area (Å²) in [7, 11) is 3.25. The maximum absolute atomic E-state index is 12.2. The van der Waals surface area contributed by atoms with Gasteiger partial charge in [0.2, 0.25) is 0 Å². The Hall–Kier alpha value is -4.05. The molecule has 0 spiro atoms. The quantitative estimate of drug-likeness (QED) is 0.200. The van der Waals surface area contributed by atoms with E-state index in [1.165, 1.54) is 0 Å². The zero-order valence-electron chi connectivity index (χ0n) is 24.2. The number of ether oxygens (including phenoxy) is 4. The molecule has 43 heavy (non-hydrogen) atoms. The van der Waals surface area contributed by atoms with Crippen molar-refractivity contribution in [2.45, 2.75) is 16.3 Å². The van der Waals surface area contributed by atoms with Gasteiger partial charge in [0.05, 0.1) is 51.7 Å². The molecule has 0 unspecified atom stereocenters. The highest BCUT2D eigenvalue weighted by Crippen LogP contribution is 2.33. The molecule has 2 aromatic carbocycles. The summed E-state index contributed by atoms with van der Waals surface area (Å²) in [5.74, 6) is 6.24.